The molecule has 0 heterocycles. The van der Waals surface area contributed by atoms with Crippen molar-refractivity contribution < 1.29 is 0 Å². The van der Waals surface area contributed by atoms with E-state index in [0.29, 0.717) is 0 Å². The Morgan fingerprint density at radius 2 is 1.20 bits per heavy atom. The Balaban J connectivity index is 0. The predicted molar refractivity (Wildman–Crippen MR) is 30.7 cm³/mol. The second-order valence-corrected chi connectivity index (χ2v) is 0.707. The van der Waals surface area contributed by atoms with Gasteiger partial charge in [0.1, 0.15) is 0 Å². The molecule has 0 aliphatic carbocycles. The van der Waals surface area contributed by atoms with Gasteiger partial charge in [0.05, 0.1) is 0 Å². The van der Waals surface area contributed by atoms with E-state index in [9.17, 15) is 0 Å². The van der Waals surface area contributed by atoms with Gasteiger partial charge in [0.2, 0.25) is 0 Å². The van der Waals surface area contributed by atoms with E-state index in [-0.39, 0.29) is 0 Å². The molecule has 32 valence electrons. The molecule has 0 radical (unpaired) electrons. The molecule has 0 amide bonds. The Kier molecular flexibility index (Phi) is 45.9. The molecule has 0 fully saturated rings. The van der Waals surface area contributed by atoms with E-state index in [4.69, 9.17) is 0 Å². The molecule has 0 aliphatic heterocycles. The molecule has 0 aromatic carbocycles. The summed E-state index contributed by atoms with van der Waals surface area (Å²) in [5, 5.41) is 0. The van der Waals surface area contributed by atoms with Gasteiger partial charge in [-0.3, -0.25) is 0 Å². The summed E-state index contributed by atoms with van der Waals surface area (Å²) in [6.07, 6.45) is 1.25. The van der Waals surface area contributed by atoms with Crippen LogP contribution in [0.25, 0.3) is 0 Å². The molecule has 0 rings (SSSR count). The normalized spacial score (nSPS) is 4.40. The summed E-state index contributed by atoms with van der Waals surface area (Å²) >= 11 is 7.33. The van der Waals surface area contributed by atoms with Gasteiger partial charge in [0.15, 0.2) is 0 Å². The van der Waals surface area contributed by atoms with Crippen LogP contribution in [0.3, 0.4) is 0 Å². The van der Waals surface area contributed by atoms with Crippen LogP contribution in [0.1, 0.15) is 20.3 Å². The highest BCUT2D eigenvalue weighted by molar-refractivity contribution is 8.07. The zero-order chi connectivity index (χ0) is 4.71. The largest absolute Gasteiger partial charge is 0.0656 e. The van der Waals surface area contributed by atoms with Gasteiger partial charge >= 0.3 is 0 Å². The zero-order valence-corrected chi connectivity index (χ0v) is 5.16. The van der Waals surface area contributed by atoms with Gasteiger partial charge in [-0.2, -0.15) is 0 Å². The van der Waals surface area contributed by atoms with E-state index in [1.165, 1.54) is 6.42 Å². The molecule has 0 atom stereocenters. The van der Waals surface area contributed by atoms with Crippen LogP contribution in [0, 0.1) is 0 Å². The van der Waals surface area contributed by atoms with Crippen molar-refractivity contribution in [1.82, 2.24) is 0 Å². The predicted octanol–water partition coefficient (Wildman–Crippen LogP) is 1.41. The van der Waals surface area contributed by atoms with Crippen LogP contribution >= 0.6 is 0 Å². The Bertz CT molecular complexity index is 8.85. The van der Waals surface area contributed by atoms with Gasteiger partial charge in [-0.25, -0.2) is 0 Å². The third kappa shape index (κ3) is 137. The Morgan fingerprint density at radius 3 is 1.20 bits per heavy atom. The summed E-state index contributed by atoms with van der Waals surface area (Å²) in [4.78, 5) is 0. The van der Waals surface area contributed by atoms with E-state index in [1.54, 1.807) is 0 Å². The molecule has 0 bridgehead atoms. The molecule has 0 N–H and O–H groups in total. The first-order valence-corrected chi connectivity index (χ1v) is 2.91. The molecule has 0 nitrogen and oxygen atoms in total. The van der Waals surface area contributed by atoms with Crippen molar-refractivity contribution in [2.24, 2.45) is 0 Å². The molecule has 5 heavy (non-hydrogen) atoms. The smallest absolute Gasteiger partial charge is 0 e. The van der Waals surface area contributed by atoms with Gasteiger partial charge in [-0.05, 0) is 0 Å². The lowest BCUT2D eigenvalue weighted by atomic mass is 10.6. The van der Waals surface area contributed by atoms with E-state index in [1.807, 2.05) is 0 Å². The molecule has 0 spiro atoms. The molecule has 0 saturated heterocycles. The van der Waals surface area contributed by atoms with Crippen molar-refractivity contribution in [3.63, 3.8) is 0 Å². The van der Waals surface area contributed by atoms with Crippen molar-refractivity contribution in [2.45, 2.75) is 20.3 Å². The van der Waals surface area contributed by atoms with Crippen molar-refractivity contribution in [3.05, 3.63) is 0 Å². The molecular weight excluding hydrogens is 100 g/mol. The third-order valence-electron chi connectivity index (χ3n) is 0. The van der Waals surface area contributed by atoms with Crippen LogP contribution < -0.4 is 0 Å². The van der Waals surface area contributed by atoms with Gasteiger partial charge in [0.25, 0.3) is 0 Å². The third-order valence-corrected chi connectivity index (χ3v) is 0. The van der Waals surface area contributed by atoms with Crippen LogP contribution in [-0.4, -0.2) is 0 Å². The minimum Gasteiger partial charge on any atom is -0.0656 e. The maximum absolute atomic E-state index is 3.67. The maximum atomic E-state index is 3.67. The summed E-state index contributed by atoms with van der Waals surface area (Å²) in [7, 11) is 0. The summed E-state index contributed by atoms with van der Waals surface area (Å²) in [6, 6.07) is 0. The number of hydrogen-bond acceptors (Lipinski definition) is 2. The molecule has 0 aromatic rings. The number of rotatable bonds is 0. The quantitative estimate of drug-likeness (QED) is 0.460. The fourth-order valence-corrected chi connectivity index (χ4v) is 0. The topological polar surface area (TPSA) is 0 Å². The first kappa shape index (κ1) is 9.06. The van der Waals surface area contributed by atoms with Crippen molar-refractivity contribution in [2.75, 3.05) is 0 Å². The SMILES string of the molecule is CCC.S=S. The average molecular weight is 108 g/mol. The maximum Gasteiger partial charge on any atom is 0 e. The fourth-order valence-electron chi connectivity index (χ4n) is 0. The Labute approximate surface area is 43.2 Å². The van der Waals surface area contributed by atoms with Crippen LogP contribution in [-0.2, 0) is 22.4 Å². The highest BCUT2D eigenvalue weighted by Gasteiger charge is 1.35. The minimum atomic E-state index is 1.25. The lowest BCUT2D eigenvalue weighted by Crippen LogP contribution is -1.27. The van der Waals surface area contributed by atoms with E-state index in [0.717, 1.165) is 0 Å². The first-order chi connectivity index (χ1) is 2.41. The highest BCUT2D eigenvalue weighted by Crippen LogP contribution is 1.56. The minimum absolute atomic E-state index is 1.25. The Morgan fingerprint density at radius 1 is 1.20 bits per heavy atom. The lowest BCUT2D eigenvalue weighted by Gasteiger charge is -1.48. The zero-order valence-electron chi connectivity index (χ0n) is 3.52. The molecule has 0 aliphatic rings. The van der Waals surface area contributed by atoms with Crippen LogP contribution in [0.5, 0.6) is 0 Å². The first-order valence-electron chi connectivity index (χ1n) is 1.58. The van der Waals surface area contributed by atoms with Crippen LogP contribution in [0.2, 0.25) is 0 Å². The molecule has 0 aromatic heterocycles. The van der Waals surface area contributed by atoms with Crippen LogP contribution in [0.4, 0.5) is 0 Å². The van der Waals surface area contributed by atoms with Gasteiger partial charge < -0.3 is 0 Å². The molecule has 0 saturated carbocycles. The summed E-state index contributed by atoms with van der Waals surface area (Å²) in [5.41, 5.74) is 0. The van der Waals surface area contributed by atoms with E-state index >= 15 is 0 Å². The van der Waals surface area contributed by atoms with E-state index in [2.05, 4.69) is 36.2 Å². The van der Waals surface area contributed by atoms with Crippen LogP contribution in [0.15, 0.2) is 0 Å². The lowest BCUT2D eigenvalue weighted by molar-refractivity contribution is 1.09. The second-order valence-electron chi connectivity index (χ2n) is 0.707. The standard InChI is InChI=1S/C3H8.S2/c1-3-2;1-2/h3H2,1-2H3;. The van der Waals surface area contributed by atoms with Gasteiger partial charge in [-0.15, -0.1) is 0 Å². The average Bonchev–Trinajstić information content (AvgIpc) is 1.46. The fraction of sp³-hybridized carbons (Fsp3) is 1.00. The van der Waals surface area contributed by atoms with Gasteiger partial charge in [-0.1, -0.05) is 20.3 Å². The van der Waals surface area contributed by atoms with Crippen molar-refractivity contribution >= 4 is 22.4 Å². The summed E-state index contributed by atoms with van der Waals surface area (Å²) < 4.78 is 0. The highest BCUT2D eigenvalue weighted by atomic mass is 32.8. The summed E-state index contributed by atoms with van der Waals surface area (Å²) in [6.45, 7) is 4.25. The monoisotopic (exact) mass is 108 g/mol. The van der Waals surface area contributed by atoms with E-state index < -0.39 is 0 Å². The van der Waals surface area contributed by atoms with Gasteiger partial charge in [0, 0.05) is 22.4 Å². The number of hydrogen-bond donors (Lipinski definition) is 0. The van der Waals surface area contributed by atoms with Crippen molar-refractivity contribution in [3.8, 4) is 0 Å². The molecular formula is C3H8S2. The van der Waals surface area contributed by atoms with Crippen molar-refractivity contribution in [1.29, 1.82) is 0 Å². The second kappa shape index (κ2) is 25.3. The Hall–Kier alpha value is 0.440. The summed E-state index contributed by atoms with van der Waals surface area (Å²) in [5.74, 6) is 0. The molecule has 2 heteroatoms. The molecule has 0 unspecified atom stereocenters.